The molecule has 0 aliphatic carbocycles. The first-order valence-corrected chi connectivity index (χ1v) is 16.7. The van der Waals surface area contributed by atoms with Crippen molar-refractivity contribution in [3.63, 3.8) is 0 Å². The molecule has 0 bridgehead atoms. The van der Waals surface area contributed by atoms with Gasteiger partial charge in [-0.05, 0) is 86.7 Å². The molecule has 1 amide bonds. The summed E-state index contributed by atoms with van der Waals surface area (Å²) in [6.07, 6.45) is 1.50. The molecule has 6 rings (SSSR count). The fourth-order valence-corrected chi connectivity index (χ4v) is 6.79. The maximum absolute atomic E-state index is 14.2. The number of allylic oxidation sites excluding steroid dienone is 1. The number of nitrogens with one attached hydrogen (secondary N) is 1. The molecular weight excluding hydrogens is 623 g/mol. The van der Waals surface area contributed by atoms with Crippen LogP contribution in [0.4, 0.5) is 5.69 Å². The van der Waals surface area contributed by atoms with Gasteiger partial charge in [0.15, 0.2) is 4.80 Å². The zero-order valence-electron chi connectivity index (χ0n) is 27.7. The van der Waals surface area contributed by atoms with Crippen LogP contribution >= 0.6 is 11.3 Å². The summed E-state index contributed by atoms with van der Waals surface area (Å²) in [6.45, 7) is 11.6. The van der Waals surface area contributed by atoms with E-state index in [1.807, 2.05) is 87.5 Å². The van der Waals surface area contributed by atoms with Gasteiger partial charge in [0.25, 0.3) is 11.5 Å². The van der Waals surface area contributed by atoms with Crippen LogP contribution in [0, 0.1) is 6.92 Å². The lowest BCUT2D eigenvalue weighted by Gasteiger charge is -2.25. The highest BCUT2D eigenvalue weighted by Gasteiger charge is 2.32. The predicted molar refractivity (Wildman–Crippen MR) is 189 cm³/mol. The fraction of sp³-hybridized carbons (Fsp3) is 0.231. The van der Waals surface area contributed by atoms with Gasteiger partial charge in [0.1, 0.15) is 11.5 Å². The number of carbonyl (C=O) groups is 2. The first-order chi connectivity index (χ1) is 23.0. The lowest BCUT2D eigenvalue weighted by atomic mass is 9.93. The Morgan fingerprint density at radius 1 is 0.958 bits per heavy atom. The molecule has 0 unspecified atom stereocenters. The quantitative estimate of drug-likeness (QED) is 0.179. The van der Waals surface area contributed by atoms with E-state index in [4.69, 9.17) is 14.1 Å². The Bertz CT molecular complexity index is 2220. The van der Waals surface area contributed by atoms with Crippen LogP contribution in [0.1, 0.15) is 79.4 Å². The van der Waals surface area contributed by atoms with Crippen molar-refractivity contribution in [3.05, 3.63) is 144 Å². The number of hydrogen-bond acceptors (Lipinski definition) is 7. The number of rotatable bonds is 8. The van der Waals surface area contributed by atoms with Crippen LogP contribution in [-0.4, -0.2) is 22.5 Å². The van der Waals surface area contributed by atoms with Crippen LogP contribution in [-0.2, 0) is 9.53 Å². The van der Waals surface area contributed by atoms with Crippen molar-refractivity contribution in [1.29, 1.82) is 0 Å². The minimum atomic E-state index is -0.677. The summed E-state index contributed by atoms with van der Waals surface area (Å²) in [5, 5.41) is 2.99. The van der Waals surface area contributed by atoms with Crippen molar-refractivity contribution in [2.24, 2.45) is 4.99 Å². The standard InChI is InChI=1S/C39H37N3O5S/c1-22(2)26-12-14-27(15-13-26)35-34(36(43)41-29-10-8-7-9-11-29)25(6)40-39-42(35)37(44)33(48-39)21-30-17-19-32(47-30)31-18-16-28(20-24(31)5)38(45)46-23(3)4/h7-23,35H,1-6H3,(H,41,43)/b33-21+/t35-/m1/s1. The van der Waals surface area contributed by atoms with Gasteiger partial charge in [-0.1, -0.05) is 73.7 Å². The number of esters is 1. The van der Waals surface area contributed by atoms with E-state index in [0.717, 1.165) is 22.3 Å². The van der Waals surface area contributed by atoms with Gasteiger partial charge in [-0.25, -0.2) is 9.79 Å². The first kappa shape index (κ1) is 32.7. The Morgan fingerprint density at radius 3 is 2.35 bits per heavy atom. The highest BCUT2D eigenvalue weighted by Crippen LogP contribution is 2.32. The number of fused-ring (bicyclic) bond motifs is 1. The Balaban J connectivity index is 1.39. The molecular formula is C39H37N3O5S. The largest absolute Gasteiger partial charge is 0.459 e. The SMILES string of the molecule is CC1=C(C(=O)Nc2ccccc2)[C@@H](c2ccc(C(C)C)cc2)n2c(s/c(=C/c3ccc(-c4ccc(C(=O)OC(C)C)cc4C)o3)c2=O)=N1. The number of hydrogen-bond donors (Lipinski definition) is 1. The van der Waals surface area contributed by atoms with Crippen molar-refractivity contribution in [1.82, 2.24) is 4.57 Å². The summed E-state index contributed by atoms with van der Waals surface area (Å²) in [4.78, 5) is 45.6. The summed E-state index contributed by atoms with van der Waals surface area (Å²) in [7, 11) is 0. The molecule has 2 aromatic heterocycles. The van der Waals surface area contributed by atoms with Gasteiger partial charge in [0, 0.05) is 17.3 Å². The van der Waals surface area contributed by atoms with Gasteiger partial charge in [-0.3, -0.25) is 14.2 Å². The number of furan rings is 1. The maximum atomic E-state index is 14.2. The predicted octanol–water partition coefficient (Wildman–Crippen LogP) is 7.13. The number of nitrogens with zero attached hydrogens (tertiary/aromatic N) is 2. The topological polar surface area (TPSA) is 103 Å². The number of aryl methyl sites for hydroxylation is 1. The third kappa shape index (κ3) is 6.59. The minimum Gasteiger partial charge on any atom is -0.459 e. The van der Waals surface area contributed by atoms with E-state index in [0.29, 0.717) is 49.3 Å². The zero-order valence-corrected chi connectivity index (χ0v) is 28.6. The molecule has 5 aromatic rings. The molecule has 0 fully saturated rings. The van der Waals surface area contributed by atoms with Crippen LogP contribution in [0.2, 0.25) is 0 Å². The van der Waals surface area contributed by atoms with Gasteiger partial charge in [-0.15, -0.1) is 0 Å². The Labute approximate surface area is 282 Å². The molecule has 244 valence electrons. The molecule has 3 heterocycles. The second-order valence-electron chi connectivity index (χ2n) is 12.4. The Hall–Kier alpha value is -5.28. The number of anilines is 1. The molecule has 0 spiro atoms. The average Bonchev–Trinajstić information content (AvgIpc) is 3.64. The maximum Gasteiger partial charge on any atom is 0.338 e. The van der Waals surface area contributed by atoms with Crippen LogP contribution in [0.5, 0.6) is 0 Å². The smallest absolute Gasteiger partial charge is 0.338 e. The highest BCUT2D eigenvalue weighted by molar-refractivity contribution is 7.07. The Morgan fingerprint density at radius 2 is 1.69 bits per heavy atom. The second-order valence-corrected chi connectivity index (χ2v) is 13.4. The molecule has 0 radical (unpaired) electrons. The van der Waals surface area contributed by atoms with E-state index in [-0.39, 0.29) is 23.5 Å². The lowest BCUT2D eigenvalue weighted by molar-refractivity contribution is -0.113. The average molecular weight is 660 g/mol. The normalized spacial score (nSPS) is 14.7. The number of thiazole rings is 1. The summed E-state index contributed by atoms with van der Waals surface area (Å²) in [5.74, 6) is 0.743. The zero-order chi connectivity index (χ0) is 34.1. The fourth-order valence-electron chi connectivity index (χ4n) is 5.76. The third-order valence-electron chi connectivity index (χ3n) is 8.19. The van der Waals surface area contributed by atoms with Crippen molar-refractivity contribution >= 4 is 35.0 Å². The van der Waals surface area contributed by atoms with Gasteiger partial charge < -0.3 is 14.5 Å². The van der Waals surface area contributed by atoms with E-state index >= 15 is 0 Å². The summed E-state index contributed by atoms with van der Waals surface area (Å²) in [6, 6.07) is 25.6. The third-order valence-corrected chi connectivity index (χ3v) is 9.17. The molecule has 1 aliphatic rings. The van der Waals surface area contributed by atoms with Crippen molar-refractivity contribution in [2.45, 2.75) is 59.6 Å². The van der Waals surface area contributed by atoms with E-state index < -0.39 is 6.04 Å². The van der Waals surface area contributed by atoms with E-state index in [1.165, 1.54) is 11.3 Å². The molecule has 9 heteroatoms. The number of carbonyl (C=O) groups excluding carboxylic acids is 2. The molecule has 1 aliphatic heterocycles. The molecule has 3 aromatic carbocycles. The highest BCUT2D eigenvalue weighted by atomic mass is 32.1. The van der Waals surface area contributed by atoms with Crippen molar-refractivity contribution in [2.75, 3.05) is 5.32 Å². The number of para-hydroxylation sites is 1. The number of aromatic nitrogens is 1. The molecule has 48 heavy (non-hydrogen) atoms. The summed E-state index contributed by atoms with van der Waals surface area (Å²) >= 11 is 1.25. The van der Waals surface area contributed by atoms with Crippen molar-refractivity contribution in [3.8, 4) is 11.3 Å². The number of ether oxygens (including phenoxy) is 1. The van der Waals surface area contributed by atoms with Crippen LogP contribution in [0.25, 0.3) is 17.4 Å². The second kappa shape index (κ2) is 13.4. The van der Waals surface area contributed by atoms with E-state index in [9.17, 15) is 14.4 Å². The van der Waals surface area contributed by atoms with E-state index in [2.05, 4.69) is 19.2 Å². The molecule has 0 saturated carbocycles. The first-order valence-electron chi connectivity index (χ1n) is 15.9. The monoisotopic (exact) mass is 659 g/mol. The summed E-state index contributed by atoms with van der Waals surface area (Å²) in [5.41, 5.74) is 5.47. The molecule has 8 nitrogen and oxygen atoms in total. The van der Waals surface area contributed by atoms with E-state index in [1.54, 1.807) is 35.8 Å². The van der Waals surface area contributed by atoms with Gasteiger partial charge in [0.05, 0.1) is 33.5 Å². The van der Waals surface area contributed by atoms with Gasteiger partial charge >= 0.3 is 5.97 Å². The summed E-state index contributed by atoms with van der Waals surface area (Å²) < 4.78 is 13.5. The van der Waals surface area contributed by atoms with Gasteiger partial charge in [-0.2, -0.15) is 0 Å². The molecule has 1 N–H and O–H groups in total. The van der Waals surface area contributed by atoms with Crippen LogP contribution < -0.4 is 20.2 Å². The minimum absolute atomic E-state index is 0.209. The van der Waals surface area contributed by atoms with Crippen LogP contribution in [0.15, 0.2) is 110 Å². The van der Waals surface area contributed by atoms with Gasteiger partial charge in [0.2, 0.25) is 0 Å². The number of amides is 1. The van der Waals surface area contributed by atoms with Crippen LogP contribution in [0.3, 0.4) is 0 Å². The lowest BCUT2D eigenvalue weighted by Crippen LogP contribution is -2.40. The molecule has 0 saturated heterocycles. The molecule has 1 atom stereocenters. The number of benzene rings is 3. The Kier molecular flexibility index (Phi) is 9.15. The van der Waals surface area contributed by atoms with Crippen molar-refractivity contribution < 1.29 is 18.7 Å².